The van der Waals surface area contributed by atoms with Gasteiger partial charge in [-0.1, -0.05) is 23.4 Å². The lowest BCUT2D eigenvalue weighted by Crippen LogP contribution is -2.31. The SMILES string of the molecule is Cc1nc([C@H](NC(=O)c2ncccc2O)c2ccccc2F)no1. The van der Waals surface area contributed by atoms with E-state index in [1.165, 1.54) is 36.5 Å². The van der Waals surface area contributed by atoms with Gasteiger partial charge in [0.15, 0.2) is 11.5 Å². The van der Waals surface area contributed by atoms with Gasteiger partial charge in [-0.2, -0.15) is 4.98 Å². The number of amides is 1. The van der Waals surface area contributed by atoms with Crippen molar-refractivity contribution in [3.8, 4) is 5.75 Å². The quantitative estimate of drug-likeness (QED) is 0.761. The number of aromatic hydroxyl groups is 1. The van der Waals surface area contributed by atoms with Gasteiger partial charge in [0.25, 0.3) is 5.91 Å². The van der Waals surface area contributed by atoms with E-state index in [0.717, 1.165) is 0 Å². The zero-order valence-corrected chi connectivity index (χ0v) is 12.6. The molecule has 0 saturated heterocycles. The smallest absolute Gasteiger partial charge is 0.274 e. The molecule has 1 amide bonds. The number of halogens is 1. The normalized spacial score (nSPS) is 11.9. The average Bonchev–Trinajstić information content (AvgIpc) is 3.00. The minimum Gasteiger partial charge on any atom is -0.505 e. The largest absolute Gasteiger partial charge is 0.505 e. The number of aryl methyl sites for hydroxylation is 1. The van der Waals surface area contributed by atoms with Crippen LogP contribution in [0.25, 0.3) is 0 Å². The first-order chi connectivity index (χ1) is 11.6. The Labute approximate surface area is 136 Å². The predicted octanol–water partition coefficient (Wildman–Crippen LogP) is 2.14. The first kappa shape index (κ1) is 15.6. The van der Waals surface area contributed by atoms with Gasteiger partial charge in [-0.15, -0.1) is 0 Å². The summed E-state index contributed by atoms with van der Waals surface area (Å²) >= 11 is 0. The van der Waals surface area contributed by atoms with E-state index in [0.29, 0.717) is 0 Å². The van der Waals surface area contributed by atoms with Crippen LogP contribution in [0.5, 0.6) is 5.75 Å². The van der Waals surface area contributed by atoms with Gasteiger partial charge < -0.3 is 14.9 Å². The summed E-state index contributed by atoms with van der Waals surface area (Å²) in [5, 5.41) is 16.1. The molecule has 1 atom stereocenters. The zero-order valence-electron chi connectivity index (χ0n) is 12.6. The summed E-state index contributed by atoms with van der Waals surface area (Å²) in [7, 11) is 0. The Bertz CT molecular complexity index is 881. The van der Waals surface area contributed by atoms with Gasteiger partial charge in [-0.25, -0.2) is 9.37 Å². The Morgan fingerprint density at radius 3 is 2.75 bits per heavy atom. The first-order valence-electron chi connectivity index (χ1n) is 7.05. The maximum Gasteiger partial charge on any atom is 0.274 e. The molecule has 0 radical (unpaired) electrons. The molecule has 7 nitrogen and oxygen atoms in total. The van der Waals surface area contributed by atoms with Crippen LogP contribution in [0.15, 0.2) is 47.1 Å². The van der Waals surface area contributed by atoms with E-state index >= 15 is 0 Å². The van der Waals surface area contributed by atoms with Crippen molar-refractivity contribution < 1.29 is 18.8 Å². The maximum absolute atomic E-state index is 14.2. The van der Waals surface area contributed by atoms with Crippen molar-refractivity contribution in [1.29, 1.82) is 0 Å². The van der Waals surface area contributed by atoms with Crippen molar-refractivity contribution in [2.75, 3.05) is 0 Å². The summed E-state index contributed by atoms with van der Waals surface area (Å²) in [6.45, 7) is 1.58. The summed E-state index contributed by atoms with van der Waals surface area (Å²) in [6, 6.07) is 7.76. The highest BCUT2D eigenvalue weighted by Gasteiger charge is 2.26. The number of rotatable bonds is 4. The third kappa shape index (κ3) is 3.07. The number of carbonyl (C=O) groups is 1. The topological polar surface area (TPSA) is 101 Å². The highest BCUT2D eigenvalue weighted by molar-refractivity contribution is 5.95. The van der Waals surface area contributed by atoms with Crippen LogP contribution in [0.4, 0.5) is 4.39 Å². The fourth-order valence-corrected chi connectivity index (χ4v) is 2.19. The molecule has 0 aliphatic rings. The van der Waals surface area contributed by atoms with Gasteiger partial charge in [0.05, 0.1) is 0 Å². The molecule has 2 heterocycles. The summed E-state index contributed by atoms with van der Waals surface area (Å²) in [6.07, 6.45) is 1.37. The number of hydrogen-bond donors (Lipinski definition) is 2. The third-order valence-electron chi connectivity index (χ3n) is 3.29. The van der Waals surface area contributed by atoms with Crippen molar-refractivity contribution in [2.45, 2.75) is 13.0 Å². The number of benzene rings is 1. The summed E-state index contributed by atoms with van der Waals surface area (Å²) in [4.78, 5) is 20.3. The number of nitrogens with zero attached hydrogens (tertiary/aromatic N) is 3. The van der Waals surface area contributed by atoms with E-state index in [9.17, 15) is 14.3 Å². The first-order valence-corrected chi connectivity index (χ1v) is 7.05. The summed E-state index contributed by atoms with van der Waals surface area (Å²) in [5.41, 5.74) is -0.0128. The molecule has 3 aromatic rings. The zero-order chi connectivity index (χ0) is 17.1. The van der Waals surface area contributed by atoms with E-state index < -0.39 is 17.8 Å². The Morgan fingerprint density at radius 1 is 1.29 bits per heavy atom. The van der Waals surface area contributed by atoms with Crippen LogP contribution in [0.1, 0.15) is 33.8 Å². The second-order valence-electron chi connectivity index (χ2n) is 4.97. The van der Waals surface area contributed by atoms with Crippen LogP contribution < -0.4 is 5.32 Å². The van der Waals surface area contributed by atoms with E-state index in [-0.39, 0.29) is 28.7 Å². The fourth-order valence-electron chi connectivity index (χ4n) is 2.19. The molecule has 0 bridgehead atoms. The lowest BCUT2D eigenvalue weighted by Gasteiger charge is -2.16. The van der Waals surface area contributed by atoms with Gasteiger partial charge in [-0.05, 0) is 18.2 Å². The molecule has 2 N–H and O–H groups in total. The molecular formula is C16H13FN4O3. The van der Waals surface area contributed by atoms with Crippen LogP contribution in [0.2, 0.25) is 0 Å². The lowest BCUT2D eigenvalue weighted by atomic mass is 10.1. The number of hydrogen-bond acceptors (Lipinski definition) is 6. The van der Waals surface area contributed by atoms with Crippen molar-refractivity contribution in [2.24, 2.45) is 0 Å². The summed E-state index contributed by atoms with van der Waals surface area (Å²) < 4.78 is 19.1. The molecule has 0 aliphatic carbocycles. The molecule has 24 heavy (non-hydrogen) atoms. The number of nitrogens with one attached hydrogen (secondary N) is 1. The average molecular weight is 328 g/mol. The number of pyridine rings is 1. The van der Waals surface area contributed by atoms with Crippen LogP contribution >= 0.6 is 0 Å². The minimum atomic E-state index is -0.988. The molecule has 0 aliphatic heterocycles. The highest BCUT2D eigenvalue weighted by Crippen LogP contribution is 2.23. The van der Waals surface area contributed by atoms with Crippen LogP contribution in [-0.4, -0.2) is 26.1 Å². The molecular weight excluding hydrogens is 315 g/mol. The van der Waals surface area contributed by atoms with Crippen molar-refractivity contribution >= 4 is 5.91 Å². The van der Waals surface area contributed by atoms with E-state index in [2.05, 4.69) is 20.4 Å². The number of carbonyl (C=O) groups excluding carboxylic acids is 1. The Hall–Kier alpha value is -3.29. The van der Waals surface area contributed by atoms with Crippen molar-refractivity contribution in [3.63, 3.8) is 0 Å². The van der Waals surface area contributed by atoms with E-state index in [4.69, 9.17) is 4.52 Å². The Balaban J connectivity index is 1.98. The van der Waals surface area contributed by atoms with Crippen LogP contribution in [0, 0.1) is 12.7 Å². The van der Waals surface area contributed by atoms with Gasteiger partial charge in [0.1, 0.15) is 17.6 Å². The molecule has 0 fully saturated rings. The fraction of sp³-hybridized carbons (Fsp3) is 0.125. The minimum absolute atomic E-state index is 0.0985. The van der Waals surface area contributed by atoms with Gasteiger partial charge in [-0.3, -0.25) is 4.79 Å². The van der Waals surface area contributed by atoms with E-state index in [1.54, 1.807) is 13.0 Å². The molecule has 122 valence electrons. The van der Waals surface area contributed by atoms with Crippen LogP contribution in [-0.2, 0) is 0 Å². The second kappa shape index (κ2) is 6.45. The molecule has 2 aromatic heterocycles. The van der Waals surface area contributed by atoms with Gasteiger partial charge >= 0.3 is 0 Å². The molecule has 8 heteroatoms. The lowest BCUT2D eigenvalue weighted by molar-refractivity contribution is 0.0932. The second-order valence-corrected chi connectivity index (χ2v) is 4.97. The molecule has 0 saturated carbocycles. The van der Waals surface area contributed by atoms with Gasteiger partial charge in [0, 0.05) is 18.7 Å². The Kier molecular flexibility index (Phi) is 4.19. The number of aromatic nitrogens is 3. The summed E-state index contributed by atoms with van der Waals surface area (Å²) in [5.74, 6) is -1.13. The predicted molar refractivity (Wildman–Crippen MR) is 80.6 cm³/mol. The van der Waals surface area contributed by atoms with Crippen molar-refractivity contribution in [1.82, 2.24) is 20.4 Å². The van der Waals surface area contributed by atoms with Crippen molar-refractivity contribution in [3.05, 3.63) is 71.4 Å². The molecule has 1 aromatic carbocycles. The standard InChI is InChI=1S/C16H13FN4O3/c1-9-19-15(21-24-9)13(10-5-2-3-6-11(10)17)20-16(23)14-12(22)7-4-8-18-14/h2-8,13,22H,1H3,(H,20,23)/t13-/m1/s1. The van der Waals surface area contributed by atoms with E-state index in [1.807, 2.05) is 0 Å². The highest BCUT2D eigenvalue weighted by atomic mass is 19.1. The Morgan fingerprint density at radius 2 is 2.08 bits per heavy atom. The van der Waals surface area contributed by atoms with Gasteiger partial charge in [0.2, 0.25) is 5.89 Å². The molecule has 3 rings (SSSR count). The monoisotopic (exact) mass is 328 g/mol. The van der Waals surface area contributed by atoms with Crippen LogP contribution in [0.3, 0.4) is 0 Å². The third-order valence-corrected chi connectivity index (χ3v) is 3.29. The molecule has 0 spiro atoms. The molecule has 0 unspecified atom stereocenters. The maximum atomic E-state index is 14.2.